The van der Waals surface area contributed by atoms with Gasteiger partial charge >= 0.3 is 5.97 Å². The maximum atomic E-state index is 12.0. The van der Waals surface area contributed by atoms with Gasteiger partial charge < -0.3 is 15.2 Å². The molecule has 3 aromatic carbocycles. The molecule has 1 amide bonds. The lowest BCUT2D eigenvalue weighted by atomic mass is 10.1. The number of nitrogens with one attached hydrogen (secondary N) is 2. The molecule has 142 valence electrons. The second kappa shape index (κ2) is 9.18. The first kappa shape index (κ1) is 18.9. The van der Waals surface area contributed by atoms with Crippen LogP contribution < -0.4 is 15.5 Å². The summed E-state index contributed by atoms with van der Waals surface area (Å²) in [5.74, 6) is -1.01. The lowest BCUT2D eigenvalue weighted by molar-refractivity contribution is -0.139. The number of hydrogen-bond donors (Lipinski definition) is 3. The van der Waals surface area contributed by atoms with E-state index in [9.17, 15) is 9.59 Å². The van der Waals surface area contributed by atoms with E-state index >= 15 is 0 Å². The molecule has 0 heterocycles. The molecule has 0 atom stereocenters. The number of carbonyl (C=O) groups is 2. The number of carbonyl (C=O) groups excluding carboxylic acids is 1. The first-order chi connectivity index (χ1) is 13.6. The number of carboxylic acids is 1. The Balaban J connectivity index is 1.53. The molecule has 0 aliphatic carbocycles. The second-order valence-electron chi connectivity index (χ2n) is 5.93. The molecule has 7 nitrogen and oxygen atoms in total. The van der Waals surface area contributed by atoms with E-state index in [1.54, 1.807) is 24.3 Å². The van der Waals surface area contributed by atoms with E-state index in [0.717, 1.165) is 16.5 Å². The van der Waals surface area contributed by atoms with Crippen LogP contribution in [0.3, 0.4) is 0 Å². The molecule has 0 fully saturated rings. The predicted molar refractivity (Wildman–Crippen MR) is 108 cm³/mol. The van der Waals surface area contributed by atoms with E-state index in [1.165, 1.54) is 6.21 Å². The van der Waals surface area contributed by atoms with Crippen LogP contribution in [0.25, 0.3) is 10.8 Å². The number of hydrazone groups is 1. The SMILES string of the molecule is O=C(O)COc1ccccc1/C=N\NC(=O)CNc1ccc2ccccc2c1. The van der Waals surface area contributed by atoms with Gasteiger partial charge in [-0.15, -0.1) is 0 Å². The highest BCUT2D eigenvalue weighted by molar-refractivity contribution is 5.88. The number of para-hydroxylation sites is 1. The summed E-state index contributed by atoms with van der Waals surface area (Å²) in [6.45, 7) is -0.389. The Morgan fingerprint density at radius 1 is 1.00 bits per heavy atom. The number of carboxylic acid groups (broad SMARTS) is 1. The van der Waals surface area contributed by atoms with Crippen molar-refractivity contribution in [3.8, 4) is 5.75 Å². The first-order valence-electron chi connectivity index (χ1n) is 8.60. The van der Waals surface area contributed by atoms with Gasteiger partial charge in [0.1, 0.15) is 5.75 Å². The van der Waals surface area contributed by atoms with Crippen molar-refractivity contribution in [1.82, 2.24) is 5.43 Å². The molecule has 3 rings (SSSR count). The summed E-state index contributed by atoms with van der Waals surface area (Å²) in [6.07, 6.45) is 1.41. The quantitative estimate of drug-likeness (QED) is 0.414. The van der Waals surface area contributed by atoms with E-state index in [2.05, 4.69) is 15.8 Å². The minimum Gasteiger partial charge on any atom is -0.481 e. The molecule has 0 aliphatic rings. The molecule has 0 spiro atoms. The van der Waals surface area contributed by atoms with Crippen LogP contribution in [0.5, 0.6) is 5.75 Å². The van der Waals surface area contributed by atoms with Gasteiger partial charge in [-0.3, -0.25) is 4.79 Å². The lowest BCUT2D eigenvalue weighted by Crippen LogP contribution is -2.25. The summed E-state index contributed by atoms with van der Waals surface area (Å²) in [4.78, 5) is 22.6. The van der Waals surface area contributed by atoms with Gasteiger partial charge in [-0.25, -0.2) is 10.2 Å². The minimum absolute atomic E-state index is 0.0623. The Labute approximate surface area is 161 Å². The Bertz CT molecular complexity index is 1020. The standard InChI is InChI=1S/C21H19N3O4/c25-20(13-22-18-10-9-15-5-1-2-6-16(15)11-18)24-23-12-17-7-3-4-8-19(17)28-14-21(26)27/h1-12,22H,13-14H2,(H,24,25)(H,26,27)/b23-12-. The van der Waals surface area contributed by atoms with Gasteiger partial charge in [0.05, 0.1) is 12.8 Å². The van der Waals surface area contributed by atoms with Crippen LogP contribution in [0.4, 0.5) is 5.69 Å². The van der Waals surface area contributed by atoms with Crippen molar-refractivity contribution in [2.75, 3.05) is 18.5 Å². The zero-order valence-electron chi connectivity index (χ0n) is 15.0. The molecule has 3 N–H and O–H groups in total. The molecule has 0 aliphatic heterocycles. The number of ether oxygens (including phenoxy) is 1. The maximum Gasteiger partial charge on any atom is 0.341 e. The fourth-order valence-corrected chi connectivity index (χ4v) is 2.55. The molecular formula is C21H19N3O4. The van der Waals surface area contributed by atoms with Crippen molar-refractivity contribution in [1.29, 1.82) is 0 Å². The molecule has 0 radical (unpaired) electrons. The van der Waals surface area contributed by atoms with Gasteiger partial charge in [0.2, 0.25) is 0 Å². The van der Waals surface area contributed by atoms with Crippen molar-refractivity contribution in [2.24, 2.45) is 5.10 Å². The van der Waals surface area contributed by atoms with Gasteiger partial charge in [-0.2, -0.15) is 5.10 Å². The number of anilines is 1. The van der Waals surface area contributed by atoms with Crippen LogP contribution in [0, 0.1) is 0 Å². The van der Waals surface area contributed by atoms with E-state index in [1.807, 2.05) is 42.5 Å². The molecule has 0 bridgehead atoms. The summed E-state index contributed by atoms with van der Waals surface area (Å²) >= 11 is 0. The fraction of sp³-hybridized carbons (Fsp3) is 0.0952. The van der Waals surface area contributed by atoms with Crippen molar-refractivity contribution in [3.05, 3.63) is 72.3 Å². The van der Waals surface area contributed by atoms with Crippen LogP contribution in [0.1, 0.15) is 5.56 Å². The molecule has 0 saturated heterocycles. The highest BCUT2D eigenvalue weighted by atomic mass is 16.5. The summed E-state index contributed by atoms with van der Waals surface area (Å²) in [6, 6.07) is 20.7. The van der Waals surface area contributed by atoms with Crippen LogP contribution in [0.2, 0.25) is 0 Å². The molecule has 0 saturated carbocycles. The fourth-order valence-electron chi connectivity index (χ4n) is 2.55. The van der Waals surface area contributed by atoms with Crippen LogP contribution in [0.15, 0.2) is 71.8 Å². The van der Waals surface area contributed by atoms with Crippen molar-refractivity contribution in [2.45, 2.75) is 0 Å². The van der Waals surface area contributed by atoms with Crippen LogP contribution in [-0.2, 0) is 9.59 Å². The zero-order valence-corrected chi connectivity index (χ0v) is 15.0. The molecule has 7 heteroatoms. The number of fused-ring (bicyclic) bond motifs is 1. The Kier molecular flexibility index (Phi) is 6.20. The zero-order chi connectivity index (χ0) is 19.8. The largest absolute Gasteiger partial charge is 0.481 e. The van der Waals surface area contributed by atoms with E-state index in [4.69, 9.17) is 9.84 Å². The number of aliphatic carboxylic acids is 1. The average Bonchev–Trinajstić information content (AvgIpc) is 2.71. The smallest absolute Gasteiger partial charge is 0.341 e. The highest BCUT2D eigenvalue weighted by Crippen LogP contribution is 2.18. The predicted octanol–water partition coefficient (Wildman–Crippen LogP) is 2.87. The number of benzene rings is 3. The Morgan fingerprint density at radius 2 is 1.75 bits per heavy atom. The Hall–Kier alpha value is -3.87. The van der Waals surface area contributed by atoms with Gasteiger partial charge in [0.25, 0.3) is 5.91 Å². The van der Waals surface area contributed by atoms with Crippen molar-refractivity contribution < 1.29 is 19.4 Å². The summed E-state index contributed by atoms with van der Waals surface area (Å²) in [5.41, 5.74) is 3.83. The molecule has 0 unspecified atom stereocenters. The van der Waals surface area contributed by atoms with Gasteiger partial charge in [-0.1, -0.05) is 42.5 Å². The number of hydrogen-bond acceptors (Lipinski definition) is 5. The molecule has 0 aromatic heterocycles. The van der Waals surface area contributed by atoms with E-state index < -0.39 is 12.6 Å². The summed E-state index contributed by atoms with van der Waals surface area (Å²) in [5, 5.41) is 17.9. The molecule has 3 aromatic rings. The summed E-state index contributed by atoms with van der Waals surface area (Å²) < 4.78 is 5.18. The van der Waals surface area contributed by atoms with Gasteiger partial charge in [0.15, 0.2) is 6.61 Å². The van der Waals surface area contributed by atoms with Gasteiger partial charge in [-0.05, 0) is 35.0 Å². The number of nitrogens with zero attached hydrogens (tertiary/aromatic N) is 1. The second-order valence-corrected chi connectivity index (χ2v) is 5.93. The third-order valence-electron chi connectivity index (χ3n) is 3.87. The first-order valence-corrected chi connectivity index (χ1v) is 8.60. The number of amides is 1. The lowest BCUT2D eigenvalue weighted by Gasteiger charge is -2.07. The monoisotopic (exact) mass is 377 g/mol. The minimum atomic E-state index is -1.07. The van der Waals surface area contributed by atoms with E-state index in [-0.39, 0.29) is 12.5 Å². The summed E-state index contributed by atoms with van der Waals surface area (Å²) in [7, 11) is 0. The molecule has 28 heavy (non-hydrogen) atoms. The van der Waals surface area contributed by atoms with Crippen LogP contribution in [-0.4, -0.2) is 36.3 Å². The Morgan fingerprint density at radius 3 is 2.57 bits per heavy atom. The average molecular weight is 377 g/mol. The third kappa shape index (κ3) is 5.31. The van der Waals surface area contributed by atoms with Crippen molar-refractivity contribution in [3.63, 3.8) is 0 Å². The molecular weight excluding hydrogens is 358 g/mol. The topological polar surface area (TPSA) is 100 Å². The normalized spacial score (nSPS) is 10.7. The highest BCUT2D eigenvalue weighted by Gasteiger charge is 2.04. The van der Waals surface area contributed by atoms with Crippen LogP contribution >= 0.6 is 0 Å². The number of rotatable bonds is 8. The van der Waals surface area contributed by atoms with Crippen molar-refractivity contribution >= 4 is 34.6 Å². The van der Waals surface area contributed by atoms with E-state index in [0.29, 0.717) is 11.3 Å². The maximum absolute atomic E-state index is 12.0. The third-order valence-corrected chi connectivity index (χ3v) is 3.87. The van der Waals surface area contributed by atoms with Gasteiger partial charge in [0, 0.05) is 11.3 Å².